The maximum Gasteiger partial charge on any atom is 0.336 e. The van der Waals surface area contributed by atoms with Crippen LogP contribution in [0.4, 0.5) is 0 Å². The van der Waals surface area contributed by atoms with Crippen LogP contribution in [0.1, 0.15) is 18.2 Å². The van der Waals surface area contributed by atoms with Crippen LogP contribution >= 0.6 is 11.3 Å². The Morgan fingerprint density at radius 1 is 1.58 bits per heavy atom. The van der Waals surface area contributed by atoms with E-state index in [4.69, 9.17) is 9.47 Å². The van der Waals surface area contributed by atoms with E-state index in [-0.39, 0.29) is 12.1 Å². The molecule has 2 unspecified atom stereocenters. The minimum Gasteiger partial charge on any atom is -0.471 e. The highest BCUT2D eigenvalue weighted by Crippen LogP contribution is 2.40. The van der Waals surface area contributed by atoms with Gasteiger partial charge in [0.15, 0.2) is 12.3 Å². The van der Waals surface area contributed by atoms with E-state index in [0.717, 1.165) is 10.5 Å². The molecule has 0 radical (unpaired) electrons. The normalized spacial score (nSPS) is 27.5. The molecule has 2 fully saturated rings. The number of β-lactam (4-membered cyclic amide) rings is 1. The van der Waals surface area contributed by atoms with Gasteiger partial charge in [-0.3, -0.25) is 9.69 Å². The van der Waals surface area contributed by atoms with Crippen LogP contribution in [-0.2, 0) is 19.1 Å². The quantitative estimate of drug-likeness (QED) is 0.609. The molecule has 0 bridgehead atoms. The van der Waals surface area contributed by atoms with E-state index in [2.05, 4.69) is 0 Å². The van der Waals surface area contributed by atoms with Gasteiger partial charge in [0.05, 0.1) is 13.5 Å². The summed E-state index contributed by atoms with van der Waals surface area (Å²) >= 11 is 1.57. The lowest BCUT2D eigenvalue weighted by molar-refractivity contribution is -0.164. The molecule has 0 spiro atoms. The first-order valence-electron chi connectivity index (χ1n) is 5.93. The van der Waals surface area contributed by atoms with Gasteiger partial charge in [-0.05, 0) is 18.4 Å². The van der Waals surface area contributed by atoms with Crippen LogP contribution < -0.4 is 0 Å². The molecule has 2 atom stereocenters. The summed E-state index contributed by atoms with van der Waals surface area (Å²) in [5.74, 6) is 0.000913. The molecule has 2 aliphatic rings. The fraction of sp³-hybridized carbons (Fsp3) is 0.385. The van der Waals surface area contributed by atoms with Gasteiger partial charge in [0.1, 0.15) is 5.76 Å². The van der Waals surface area contributed by atoms with Crippen LogP contribution in [0.3, 0.4) is 0 Å². The highest BCUT2D eigenvalue weighted by molar-refractivity contribution is 7.11. The van der Waals surface area contributed by atoms with Crippen molar-refractivity contribution in [2.75, 3.05) is 7.11 Å². The molecule has 2 saturated heterocycles. The Kier molecular flexibility index (Phi) is 2.82. The van der Waals surface area contributed by atoms with Crippen molar-refractivity contribution < 1.29 is 19.1 Å². The zero-order valence-corrected chi connectivity index (χ0v) is 11.4. The SMILES string of the molecule is COC(=O)C1C(=C(C)c2cccs2)OC2CC(=O)N21. The molecule has 0 saturated carbocycles. The third kappa shape index (κ3) is 1.74. The third-order valence-corrected chi connectivity index (χ3v) is 4.41. The second-order valence-electron chi connectivity index (χ2n) is 4.47. The van der Waals surface area contributed by atoms with Crippen molar-refractivity contribution in [1.82, 2.24) is 4.90 Å². The first-order valence-corrected chi connectivity index (χ1v) is 6.81. The van der Waals surface area contributed by atoms with E-state index in [1.165, 1.54) is 12.0 Å². The zero-order chi connectivity index (χ0) is 13.6. The summed E-state index contributed by atoms with van der Waals surface area (Å²) in [5, 5.41) is 1.96. The fourth-order valence-electron chi connectivity index (χ4n) is 2.39. The minimum absolute atomic E-state index is 0.0746. The molecule has 1 aromatic rings. The Balaban J connectivity index is 2.02. The van der Waals surface area contributed by atoms with Crippen molar-refractivity contribution in [3.63, 3.8) is 0 Å². The number of esters is 1. The van der Waals surface area contributed by atoms with Crippen LogP contribution in [0, 0.1) is 0 Å². The average Bonchev–Trinajstić information content (AvgIpc) is 3.01. The summed E-state index contributed by atoms with van der Waals surface area (Å²) in [6.07, 6.45) is 0.0100. The predicted octanol–water partition coefficient (Wildman–Crippen LogP) is 1.61. The molecule has 5 nitrogen and oxygen atoms in total. The first kappa shape index (κ1) is 12.2. The first-order chi connectivity index (χ1) is 9.13. The number of thiophene rings is 1. The molecule has 19 heavy (non-hydrogen) atoms. The molecule has 3 rings (SSSR count). The maximum atomic E-state index is 11.9. The van der Waals surface area contributed by atoms with E-state index in [0.29, 0.717) is 12.2 Å². The van der Waals surface area contributed by atoms with Crippen molar-refractivity contribution in [3.8, 4) is 0 Å². The Hall–Kier alpha value is -1.82. The Bertz CT molecular complexity index is 563. The number of amides is 1. The standard InChI is InChI=1S/C13H13NO4S/c1-7(8-4-3-5-19-8)12-11(13(16)17-2)14-9(15)6-10(14)18-12/h3-5,10-11H,6H2,1-2H3. The second-order valence-corrected chi connectivity index (χ2v) is 5.42. The molecule has 0 aromatic carbocycles. The Morgan fingerprint density at radius 3 is 2.95 bits per heavy atom. The van der Waals surface area contributed by atoms with E-state index in [9.17, 15) is 9.59 Å². The second kappa shape index (κ2) is 4.38. The van der Waals surface area contributed by atoms with Gasteiger partial charge in [-0.25, -0.2) is 4.79 Å². The number of carbonyl (C=O) groups is 2. The molecule has 1 aromatic heterocycles. The lowest BCUT2D eigenvalue weighted by Crippen LogP contribution is -2.55. The van der Waals surface area contributed by atoms with E-state index >= 15 is 0 Å². The van der Waals surface area contributed by atoms with E-state index < -0.39 is 12.0 Å². The number of ether oxygens (including phenoxy) is 2. The van der Waals surface area contributed by atoms with Gasteiger partial charge in [-0.15, -0.1) is 11.3 Å². The number of hydrogen-bond acceptors (Lipinski definition) is 5. The Labute approximate surface area is 114 Å². The van der Waals surface area contributed by atoms with Gasteiger partial charge >= 0.3 is 5.97 Å². The highest BCUT2D eigenvalue weighted by Gasteiger charge is 2.54. The molecule has 2 aliphatic heterocycles. The predicted molar refractivity (Wildman–Crippen MR) is 69.1 cm³/mol. The maximum absolute atomic E-state index is 11.9. The number of fused-ring (bicyclic) bond motifs is 1. The topological polar surface area (TPSA) is 55.8 Å². The molecular weight excluding hydrogens is 266 g/mol. The van der Waals surface area contributed by atoms with Crippen molar-refractivity contribution in [2.24, 2.45) is 0 Å². The lowest BCUT2D eigenvalue weighted by atomic mass is 10.1. The minimum atomic E-state index is -0.738. The number of allylic oxidation sites excluding steroid dienone is 1. The summed E-state index contributed by atoms with van der Waals surface area (Å²) in [4.78, 5) is 26.0. The molecular formula is C13H13NO4S. The average molecular weight is 279 g/mol. The highest BCUT2D eigenvalue weighted by atomic mass is 32.1. The molecule has 0 N–H and O–H groups in total. The van der Waals surface area contributed by atoms with Gasteiger partial charge in [0.25, 0.3) is 0 Å². The lowest BCUT2D eigenvalue weighted by Gasteiger charge is -2.33. The number of rotatable bonds is 2. The van der Waals surface area contributed by atoms with Crippen molar-refractivity contribution in [1.29, 1.82) is 0 Å². The molecule has 1 amide bonds. The van der Waals surface area contributed by atoms with Crippen molar-refractivity contribution >= 4 is 28.8 Å². The number of carbonyl (C=O) groups excluding carboxylic acids is 2. The summed E-state index contributed by atoms with van der Waals surface area (Å²) in [5.41, 5.74) is 0.882. The Morgan fingerprint density at radius 2 is 2.37 bits per heavy atom. The van der Waals surface area contributed by atoms with Crippen LogP contribution in [0.25, 0.3) is 5.57 Å². The molecule has 0 aliphatic carbocycles. The van der Waals surface area contributed by atoms with E-state index in [1.54, 1.807) is 11.3 Å². The summed E-state index contributed by atoms with van der Waals surface area (Å²) in [6.45, 7) is 1.90. The molecule has 6 heteroatoms. The zero-order valence-electron chi connectivity index (χ0n) is 10.6. The third-order valence-electron chi connectivity index (χ3n) is 3.42. The molecule has 3 heterocycles. The van der Waals surface area contributed by atoms with Gasteiger partial charge in [0.2, 0.25) is 5.91 Å². The fourth-order valence-corrected chi connectivity index (χ4v) is 3.12. The molecule has 100 valence electrons. The van der Waals surface area contributed by atoms with Gasteiger partial charge < -0.3 is 9.47 Å². The number of hydrogen-bond donors (Lipinski definition) is 0. The summed E-state index contributed by atoms with van der Waals surface area (Å²) in [7, 11) is 1.32. The largest absolute Gasteiger partial charge is 0.471 e. The van der Waals surface area contributed by atoms with E-state index in [1.807, 2.05) is 24.4 Å². The van der Waals surface area contributed by atoms with Gasteiger partial charge in [0, 0.05) is 10.5 Å². The smallest absolute Gasteiger partial charge is 0.336 e. The van der Waals surface area contributed by atoms with Crippen LogP contribution in [0.2, 0.25) is 0 Å². The van der Waals surface area contributed by atoms with Crippen LogP contribution in [0.5, 0.6) is 0 Å². The monoisotopic (exact) mass is 279 g/mol. The van der Waals surface area contributed by atoms with Crippen LogP contribution in [-0.4, -0.2) is 36.2 Å². The number of methoxy groups -OCH3 is 1. The van der Waals surface area contributed by atoms with Gasteiger partial charge in [-0.2, -0.15) is 0 Å². The van der Waals surface area contributed by atoms with Gasteiger partial charge in [-0.1, -0.05) is 6.07 Å². The summed E-state index contributed by atoms with van der Waals surface area (Å²) in [6, 6.07) is 3.16. The van der Waals surface area contributed by atoms with Crippen molar-refractivity contribution in [2.45, 2.75) is 25.6 Å². The number of nitrogens with zero attached hydrogens (tertiary/aromatic N) is 1. The van der Waals surface area contributed by atoms with Crippen LogP contribution in [0.15, 0.2) is 23.3 Å². The summed E-state index contributed by atoms with van der Waals surface area (Å²) < 4.78 is 10.5. The van der Waals surface area contributed by atoms with Crippen molar-refractivity contribution in [3.05, 3.63) is 28.1 Å².